The molecule has 0 saturated carbocycles. The zero-order valence-electron chi connectivity index (χ0n) is 18.5. The van der Waals surface area contributed by atoms with Crippen LogP contribution in [0.2, 0.25) is 0 Å². The molecule has 0 aliphatic rings. The number of fused-ring (bicyclic) bond motifs is 1. The summed E-state index contributed by atoms with van der Waals surface area (Å²) in [6, 6.07) is 7.46. The third-order valence-electron chi connectivity index (χ3n) is 4.92. The van der Waals surface area contributed by atoms with Gasteiger partial charge in [-0.2, -0.15) is 0 Å². The van der Waals surface area contributed by atoms with Gasteiger partial charge in [0.1, 0.15) is 5.56 Å². The fourth-order valence-electron chi connectivity index (χ4n) is 3.33. The number of benzene rings is 2. The second kappa shape index (κ2) is 10.4. The standard InChI is InChI=1S/C22H19N3O10/c1-3-34-19(26)11-17(12-5-4-6-14(7-12)24(29)30)23-21(27)16-9-13-8-15(25(31)32)10-18(33-2)20(13)35-22(16)28/h4-10,17H,3,11H2,1-2H3,(H,23,27)/t17-/m1/s1. The van der Waals surface area contributed by atoms with E-state index in [1.807, 2.05) is 0 Å². The van der Waals surface area contributed by atoms with E-state index in [0.717, 1.165) is 18.2 Å². The number of hydrogen-bond donors (Lipinski definition) is 1. The van der Waals surface area contributed by atoms with Gasteiger partial charge >= 0.3 is 11.6 Å². The van der Waals surface area contributed by atoms with Gasteiger partial charge in [0.25, 0.3) is 17.3 Å². The van der Waals surface area contributed by atoms with E-state index in [0.29, 0.717) is 0 Å². The number of carbonyl (C=O) groups is 2. The number of nitro groups is 2. The number of ether oxygens (including phenoxy) is 2. The first-order valence-electron chi connectivity index (χ1n) is 10.2. The predicted molar refractivity (Wildman–Crippen MR) is 120 cm³/mol. The number of nitro benzene ring substituents is 2. The Kier molecular flexibility index (Phi) is 7.39. The van der Waals surface area contributed by atoms with Crippen LogP contribution in [-0.2, 0) is 9.53 Å². The van der Waals surface area contributed by atoms with Crippen LogP contribution >= 0.6 is 0 Å². The lowest BCUT2D eigenvalue weighted by molar-refractivity contribution is -0.385. The van der Waals surface area contributed by atoms with Crippen molar-refractivity contribution in [2.24, 2.45) is 0 Å². The molecule has 1 N–H and O–H groups in total. The zero-order chi connectivity index (χ0) is 25.7. The monoisotopic (exact) mass is 485 g/mol. The van der Waals surface area contributed by atoms with Gasteiger partial charge < -0.3 is 19.2 Å². The molecule has 1 aromatic heterocycles. The summed E-state index contributed by atoms with van der Waals surface area (Å²) in [5, 5.41) is 24.9. The Balaban J connectivity index is 2.03. The van der Waals surface area contributed by atoms with E-state index >= 15 is 0 Å². The Morgan fingerprint density at radius 2 is 1.80 bits per heavy atom. The van der Waals surface area contributed by atoms with E-state index in [-0.39, 0.29) is 46.7 Å². The van der Waals surface area contributed by atoms with E-state index in [1.54, 1.807) is 6.92 Å². The number of amides is 1. The molecule has 0 aliphatic carbocycles. The Morgan fingerprint density at radius 1 is 1.09 bits per heavy atom. The van der Waals surface area contributed by atoms with E-state index in [1.165, 1.54) is 31.4 Å². The summed E-state index contributed by atoms with van der Waals surface area (Å²) in [4.78, 5) is 58.7. The average molecular weight is 485 g/mol. The lowest BCUT2D eigenvalue weighted by Crippen LogP contribution is -2.33. The molecule has 1 heterocycles. The fraction of sp³-hybridized carbons (Fsp3) is 0.227. The van der Waals surface area contributed by atoms with Crippen molar-refractivity contribution in [2.45, 2.75) is 19.4 Å². The highest BCUT2D eigenvalue weighted by molar-refractivity contribution is 5.98. The summed E-state index contributed by atoms with van der Waals surface area (Å²) in [6.07, 6.45) is -0.376. The van der Waals surface area contributed by atoms with Gasteiger partial charge in [0.2, 0.25) is 0 Å². The van der Waals surface area contributed by atoms with Crippen LogP contribution < -0.4 is 15.7 Å². The van der Waals surface area contributed by atoms with Crippen molar-refractivity contribution < 1.29 is 33.3 Å². The number of carbonyl (C=O) groups excluding carboxylic acids is 2. The molecule has 0 spiro atoms. The summed E-state index contributed by atoms with van der Waals surface area (Å²) in [6.45, 7) is 1.66. The maximum absolute atomic E-state index is 13.0. The van der Waals surface area contributed by atoms with Crippen molar-refractivity contribution in [3.05, 3.63) is 84.2 Å². The average Bonchev–Trinajstić information content (AvgIpc) is 2.82. The number of nitrogens with zero attached hydrogens (tertiary/aromatic N) is 2. The lowest BCUT2D eigenvalue weighted by atomic mass is 10.0. The van der Waals surface area contributed by atoms with Crippen LogP contribution in [0, 0.1) is 20.2 Å². The van der Waals surface area contributed by atoms with Gasteiger partial charge in [-0.3, -0.25) is 29.8 Å². The zero-order valence-corrected chi connectivity index (χ0v) is 18.5. The van der Waals surface area contributed by atoms with Crippen molar-refractivity contribution in [1.82, 2.24) is 5.32 Å². The minimum Gasteiger partial charge on any atom is -0.493 e. The molecule has 13 heteroatoms. The van der Waals surface area contributed by atoms with Gasteiger partial charge in [0.15, 0.2) is 11.3 Å². The van der Waals surface area contributed by atoms with Crippen LogP contribution in [-0.4, -0.2) is 35.4 Å². The SMILES string of the molecule is CCOC(=O)C[C@@H](NC(=O)c1cc2cc([N+](=O)[O-])cc(OC)c2oc1=O)c1cccc([N+](=O)[O-])c1. The molecule has 1 atom stereocenters. The predicted octanol–water partition coefficient (Wildman–Crippen LogP) is 3.04. The van der Waals surface area contributed by atoms with Crippen LogP contribution in [0.5, 0.6) is 5.75 Å². The molecule has 13 nitrogen and oxygen atoms in total. The van der Waals surface area contributed by atoms with Crippen LogP contribution in [0.25, 0.3) is 11.0 Å². The number of hydrogen-bond acceptors (Lipinski definition) is 10. The molecule has 182 valence electrons. The van der Waals surface area contributed by atoms with Crippen LogP contribution in [0.4, 0.5) is 11.4 Å². The molecule has 0 fully saturated rings. The minimum atomic E-state index is -1.09. The maximum Gasteiger partial charge on any atom is 0.349 e. The third kappa shape index (κ3) is 5.58. The Hall–Kier alpha value is -4.81. The normalized spacial score (nSPS) is 11.5. The molecule has 0 saturated heterocycles. The number of rotatable bonds is 9. The molecular formula is C22H19N3O10. The second-order valence-corrected chi connectivity index (χ2v) is 7.16. The van der Waals surface area contributed by atoms with Crippen molar-refractivity contribution in [2.75, 3.05) is 13.7 Å². The Morgan fingerprint density at radius 3 is 2.43 bits per heavy atom. The molecule has 0 radical (unpaired) electrons. The molecule has 0 aliphatic heterocycles. The van der Waals surface area contributed by atoms with Crippen LogP contribution in [0.1, 0.15) is 35.3 Å². The van der Waals surface area contributed by atoms with Crippen molar-refractivity contribution in [3.8, 4) is 5.75 Å². The third-order valence-corrected chi connectivity index (χ3v) is 4.92. The lowest BCUT2D eigenvalue weighted by Gasteiger charge is -2.18. The Labute approximate surface area is 196 Å². The molecule has 1 amide bonds. The molecular weight excluding hydrogens is 466 g/mol. The largest absolute Gasteiger partial charge is 0.493 e. The highest BCUT2D eigenvalue weighted by Crippen LogP contribution is 2.31. The summed E-state index contributed by atoms with van der Waals surface area (Å²) in [7, 11) is 1.23. The van der Waals surface area contributed by atoms with Gasteiger partial charge in [-0.25, -0.2) is 4.79 Å². The first kappa shape index (κ1) is 24.8. The second-order valence-electron chi connectivity index (χ2n) is 7.16. The summed E-state index contributed by atoms with van der Waals surface area (Å²) in [5.41, 5.74) is -2.05. The molecule has 0 bridgehead atoms. The van der Waals surface area contributed by atoms with Gasteiger partial charge in [-0.15, -0.1) is 0 Å². The molecule has 3 rings (SSSR count). The van der Waals surface area contributed by atoms with Crippen LogP contribution in [0.15, 0.2) is 51.7 Å². The maximum atomic E-state index is 13.0. The molecule has 3 aromatic rings. The highest BCUT2D eigenvalue weighted by Gasteiger charge is 2.25. The van der Waals surface area contributed by atoms with E-state index in [4.69, 9.17) is 13.9 Å². The van der Waals surface area contributed by atoms with Gasteiger partial charge in [0, 0.05) is 23.6 Å². The van der Waals surface area contributed by atoms with Crippen molar-refractivity contribution in [1.29, 1.82) is 0 Å². The van der Waals surface area contributed by atoms with Crippen molar-refractivity contribution in [3.63, 3.8) is 0 Å². The topological polar surface area (TPSA) is 181 Å². The summed E-state index contributed by atoms with van der Waals surface area (Å²) in [5.74, 6) is -1.72. The molecule has 2 aromatic carbocycles. The smallest absolute Gasteiger partial charge is 0.349 e. The number of methoxy groups -OCH3 is 1. The fourth-order valence-corrected chi connectivity index (χ4v) is 3.33. The Bertz CT molecular complexity index is 1380. The summed E-state index contributed by atoms with van der Waals surface area (Å²) >= 11 is 0. The van der Waals surface area contributed by atoms with E-state index in [2.05, 4.69) is 5.32 Å². The van der Waals surface area contributed by atoms with Gasteiger partial charge in [-0.05, 0) is 18.6 Å². The summed E-state index contributed by atoms with van der Waals surface area (Å²) < 4.78 is 15.2. The highest BCUT2D eigenvalue weighted by atomic mass is 16.6. The van der Waals surface area contributed by atoms with E-state index in [9.17, 15) is 34.6 Å². The number of esters is 1. The van der Waals surface area contributed by atoms with Gasteiger partial charge in [0.05, 0.1) is 42.1 Å². The van der Waals surface area contributed by atoms with Crippen molar-refractivity contribution >= 4 is 34.2 Å². The molecule has 0 unspecified atom stereocenters. The van der Waals surface area contributed by atoms with Crippen LogP contribution in [0.3, 0.4) is 0 Å². The quantitative estimate of drug-likeness (QED) is 0.205. The molecule has 35 heavy (non-hydrogen) atoms. The minimum absolute atomic E-state index is 0.0538. The number of nitrogens with one attached hydrogen (secondary N) is 1. The number of non-ortho nitro benzene ring substituents is 2. The van der Waals surface area contributed by atoms with Gasteiger partial charge in [-0.1, -0.05) is 12.1 Å². The van der Waals surface area contributed by atoms with E-state index < -0.39 is 39.0 Å². The first-order chi connectivity index (χ1) is 16.6. The first-order valence-corrected chi connectivity index (χ1v) is 10.2.